The summed E-state index contributed by atoms with van der Waals surface area (Å²) in [5, 5.41) is 0. The molecule has 0 saturated carbocycles. The number of aromatic nitrogens is 3. The zero-order valence-electron chi connectivity index (χ0n) is 17.0. The molecule has 0 unspecified atom stereocenters. The van der Waals surface area contributed by atoms with Gasteiger partial charge in [-0.3, -0.25) is 14.7 Å². The molecule has 0 radical (unpaired) electrons. The first-order valence-corrected chi connectivity index (χ1v) is 10.6. The maximum atomic E-state index is 12.7. The first kappa shape index (κ1) is 20.0. The molecule has 2 aromatic heterocycles. The van der Waals surface area contributed by atoms with Crippen molar-refractivity contribution in [3.8, 4) is 11.1 Å². The largest absolute Gasteiger partial charge is 0.310 e. The van der Waals surface area contributed by atoms with Crippen molar-refractivity contribution in [1.29, 1.82) is 0 Å². The van der Waals surface area contributed by atoms with Gasteiger partial charge in [0, 0.05) is 48.3 Å². The highest BCUT2D eigenvalue weighted by Gasteiger charge is 2.25. The number of H-pyrrole nitrogens is 1. The Morgan fingerprint density at radius 3 is 2.83 bits per heavy atom. The Morgan fingerprint density at radius 2 is 2.07 bits per heavy atom. The highest BCUT2D eigenvalue weighted by molar-refractivity contribution is 9.10. The predicted octanol–water partition coefficient (Wildman–Crippen LogP) is 4.45. The normalized spacial score (nSPS) is 14.6. The molecule has 0 saturated heterocycles. The highest BCUT2D eigenvalue weighted by Crippen LogP contribution is 2.28. The summed E-state index contributed by atoms with van der Waals surface area (Å²) >= 11 is 3.56. The average Bonchev–Trinajstić information content (AvgIpc) is 2.68. The number of halogens is 1. The van der Waals surface area contributed by atoms with Crippen molar-refractivity contribution in [3.05, 3.63) is 80.2 Å². The van der Waals surface area contributed by atoms with E-state index in [0.29, 0.717) is 6.54 Å². The van der Waals surface area contributed by atoms with E-state index in [2.05, 4.69) is 69.8 Å². The number of hydrogen-bond acceptors (Lipinski definition) is 4. The summed E-state index contributed by atoms with van der Waals surface area (Å²) in [7, 11) is 0. The van der Waals surface area contributed by atoms with Crippen LogP contribution in [-0.4, -0.2) is 26.4 Å². The maximum absolute atomic E-state index is 12.7. The van der Waals surface area contributed by atoms with Crippen LogP contribution in [0.1, 0.15) is 43.4 Å². The van der Waals surface area contributed by atoms with Crippen molar-refractivity contribution in [2.24, 2.45) is 0 Å². The summed E-state index contributed by atoms with van der Waals surface area (Å²) in [6, 6.07) is 10.3. The Labute approximate surface area is 179 Å². The standard InChI is InChI=1S/C23H25BrN4O/c1-23(2,3)22-26-20-8-10-28(14-19(20)21(29)27-22)13-16-12-25-9-7-18(16)15-5-4-6-17(24)11-15/h4-7,9,11-12H,8,10,13-14H2,1-3H3,(H,26,27,29). The second kappa shape index (κ2) is 7.84. The van der Waals surface area contributed by atoms with Gasteiger partial charge < -0.3 is 4.98 Å². The molecule has 0 fully saturated rings. The van der Waals surface area contributed by atoms with E-state index < -0.39 is 0 Å². The zero-order valence-corrected chi connectivity index (χ0v) is 18.6. The third kappa shape index (κ3) is 4.33. The van der Waals surface area contributed by atoms with E-state index in [1.54, 1.807) is 0 Å². The van der Waals surface area contributed by atoms with Crippen LogP contribution in [-0.2, 0) is 24.9 Å². The predicted molar refractivity (Wildman–Crippen MR) is 119 cm³/mol. The fourth-order valence-electron chi connectivity index (χ4n) is 3.70. The van der Waals surface area contributed by atoms with Crippen molar-refractivity contribution < 1.29 is 0 Å². The molecule has 4 rings (SSSR count). The summed E-state index contributed by atoms with van der Waals surface area (Å²) in [5.41, 5.74) is 5.03. The maximum Gasteiger partial charge on any atom is 0.255 e. The smallest absolute Gasteiger partial charge is 0.255 e. The molecule has 0 aliphatic carbocycles. The van der Waals surface area contributed by atoms with Crippen LogP contribution in [0.4, 0.5) is 0 Å². The van der Waals surface area contributed by atoms with Gasteiger partial charge in [-0.2, -0.15) is 0 Å². The quantitative estimate of drug-likeness (QED) is 0.637. The van der Waals surface area contributed by atoms with Crippen LogP contribution >= 0.6 is 15.9 Å². The minimum Gasteiger partial charge on any atom is -0.310 e. The van der Waals surface area contributed by atoms with Crippen LogP contribution in [0.2, 0.25) is 0 Å². The van der Waals surface area contributed by atoms with Gasteiger partial charge in [0.25, 0.3) is 5.56 Å². The number of nitrogens with zero attached hydrogens (tertiary/aromatic N) is 3. The third-order valence-electron chi connectivity index (χ3n) is 5.29. The number of hydrogen-bond donors (Lipinski definition) is 1. The van der Waals surface area contributed by atoms with Crippen LogP contribution in [0.3, 0.4) is 0 Å². The van der Waals surface area contributed by atoms with Crippen LogP contribution < -0.4 is 5.56 Å². The molecule has 1 N–H and O–H groups in total. The van der Waals surface area contributed by atoms with Crippen molar-refractivity contribution in [3.63, 3.8) is 0 Å². The Kier molecular flexibility index (Phi) is 5.40. The fourth-order valence-corrected chi connectivity index (χ4v) is 4.10. The van der Waals surface area contributed by atoms with E-state index >= 15 is 0 Å². The zero-order chi connectivity index (χ0) is 20.6. The van der Waals surface area contributed by atoms with Crippen LogP contribution in [0.5, 0.6) is 0 Å². The summed E-state index contributed by atoms with van der Waals surface area (Å²) in [4.78, 5) is 27.1. The lowest BCUT2D eigenvalue weighted by atomic mass is 9.94. The molecule has 0 spiro atoms. The Balaban J connectivity index is 1.60. The summed E-state index contributed by atoms with van der Waals surface area (Å²) in [5.74, 6) is 0.763. The van der Waals surface area contributed by atoms with E-state index in [9.17, 15) is 4.79 Å². The molecule has 3 heterocycles. The molecule has 1 aromatic carbocycles. The molecule has 0 atom stereocenters. The molecule has 0 amide bonds. The third-order valence-corrected chi connectivity index (χ3v) is 5.78. The number of nitrogens with one attached hydrogen (secondary N) is 1. The van der Waals surface area contributed by atoms with Gasteiger partial charge in [0.15, 0.2) is 0 Å². The molecular weight excluding hydrogens is 428 g/mol. The first-order valence-electron chi connectivity index (χ1n) is 9.85. The number of aromatic amines is 1. The van der Waals surface area contributed by atoms with Gasteiger partial charge in [0.1, 0.15) is 5.82 Å². The summed E-state index contributed by atoms with van der Waals surface area (Å²) in [6.07, 6.45) is 4.54. The van der Waals surface area contributed by atoms with Crippen LogP contribution in [0.25, 0.3) is 11.1 Å². The Morgan fingerprint density at radius 1 is 1.24 bits per heavy atom. The van der Waals surface area contributed by atoms with E-state index in [4.69, 9.17) is 4.98 Å². The summed E-state index contributed by atoms with van der Waals surface area (Å²) < 4.78 is 1.05. The average molecular weight is 453 g/mol. The number of rotatable bonds is 3. The van der Waals surface area contributed by atoms with E-state index in [1.807, 2.05) is 24.5 Å². The van der Waals surface area contributed by atoms with Crippen LogP contribution in [0, 0.1) is 0 Å². The molecule has 150 valence electrons. The molecule has 3 aromatic rings. The monoisotopic (exact) mass is 452 g/mol. The van der Waals surface area contributed by atoms with Gasteiger partial charge in [-0.15, -0.1) is 0 Å². The summed E-state index contributed by atoms with van der Waals surface area (Å²) in [6.45, 7) is 8.43. The SMILES string of the molecule is CC(C)(C)c1nc2c(c(=O)[nH]1)CN(Cc1cnccc1-c1cccc(Br)c1)CC2. The lowest BCUT2D eigenvalue weighted by Gasteiger charge is -2.29. The lowest BCUT2D eigenvalue weighted by Crippen LogP contribution is -2.37. The minimum absolute atomic E-state index is 0.0111. The lowest BCUT2D eigenvalue weighted by molar-refractivity contribution is 0.241. The number of fused-ring (bicyclic) bond motifs is 1. The van der Waals surface area contributed by atoms with E-state index in [1.165, 1.54) is 5.56 Å². The van der Waals surface area contributed by atoms with Gasteiger partial charge in [-0.1, -0.05) is 48.8 Å². The second-order valence-electron chi connectivity index (χ2n) is 8.59. The van der Waals surface area contributed by atoms with Gasteiger partial charge in [0.05, 0.1) is 11.3 Å². The molecule has 6 heteroatoms. The molecule has 29 heavy (non-hydrogen) atoms. The topological polar surface area (TPSA) is 61.9 Å². The highest BCUT2D eigenvalue weighted by atomic mass is 79.9. The van der Waals surface area contributed by atoms with Gasteiger partial charge in [-0.25, -0.2) is 4.98 Å². The molecule has 5 nitrogen and oxygen atoms in total. The molecular formula is C23H25BrN4O. The molecule has 0 bridgehead atoms. The first-order chi connectivity index (χ1) is 13.8. The Hall–Kier alpha value is -2.31. The van der Waals surface area contributed by atoms with Crippen molar-refractivity contribution >= 4 is 15.9 Å². The van der Waals surface area contributed by atoms with Gasteiger partial charge in [-0.05, 0) is 34.9 Å². The molecule has 1 aliphatic heterocycles. The number of pyridine rings is 1. The fraction of sp³-hybridized carbons (Fsp3) is 0.348. The van der Waals surface area contributed by atoms with Crippen LogP contribution in [0.15, 0.2) is 52.0 Å². The van der Waals surface area contributed by atoms with Gasteiger partial charge >= 0.3 is 0 Å². The van der Waals surface area contributed by atoms with Crippen molar-refractivity contribution in [2.75, 3.05) is 6.54 Å². The second-order valence-corrected chi connectivity index (χ2v) is 9.51. The van der Waals surface area contributed by atoms with Gasteiger partial charge in [0.2, 0.25) is 0 Å². The minimum atomic E-state index is -0.167. The van der Waals surface area contributed by atoms with E-state index in [-0.39, 0.29) is 11.0 Å². The van der Waals surface area contributed by atoms with Crippen molar-refractivity contribution in [1.82, 2.24) is 19.9 Å². The molecule has 1 aliphatic rings. The van der Waals surface area contributed by atoms with Crippen molar-refractivity contribution in [2.45, 2.75) is 45.7 Å². The Bertz CT molecular complexity index is 1100. The van der Waals surface area contributed by atoms with E-state index in [0.717, 1.165) is 52.2 Å². The number of benzene rings is 1.